The highest BCUT2D eigenvalue weighted by molar-refractivity contribution is 5.44. The molecule has 1 saturated carbocycles. The zero-order valence-electron chi connectivity index (χ0n) is 12.7. The smallest absolute Gasteiger partial charge is 0.0249 e. The van der Waals surface area contributed by atoms with E-state index in [1.54, 1.807) is 0 Å². The minimum absolute atomic E-state index is 0.776. The minimum atomic E-state index is 0.776. The summed E-state index contributed by atoms with van der Waals surface area (Å²) in [5, 5.41) is 0. The summed E-state index contributed by atoms with van der Waals surface area (Å²) in [7, 11) is 0. The lowest BCUT2D eigenvalue weighted by atomic mass is 9.84. The molecule has 0 nitrogen and oxygen atoms in total. The van der Waals surface area contributed by atoms with Gasteiger partial charge in [0.25, 0.3) is 0 Å². The molecule has 0 radical (unpaired) electrons. The van der Waals surface area contributed by atoms with E-state index < -0.39 is 0 Å². The zero-order chi connectivity index (χ0) is 14.5. The molecule has 3 rings (SSSR count). The van der Waals surface area contributed by atoms with Crippen LogP contribution in [0.1, 0.15) is 60.3 Å². The van der Waals surface area contributed by atoms with Gasteiger partial charge in [-0.1, -0.05) is 60.9 Å². The minimum Gasteiger partial charge on any atom is -0.0617 e. The van der Waals surface area contributed by atoms with E-state index in [9.17, 15) is 0 Å². The Morgan fingerprint density at radius 1 is 0.714 bits per heavy atom. The highest BCUT2D eigenvalue weighted by atomic mass is 14.2. The summed E-state index contributed by atoms with van der Waals surface area (Å²) in [5.41, 5.74) is 4.96. The molecule has 21 heavy (non-hydrogen) atoms. The SMILES string of the molecule is Cc1ccc(C#Cc2ccc(C3CCCCC3)cc2)cc1. The van der Waals surface area contributed by atoms with Crippen molar-refractivity contribution in [1.29, 1.82) is 0 Å². The van der Waals surface area contributed by atoms with Crippen LogP contribution in [0.5, 0.6) is 0 Å². The van der Waals surface area contributed by atoms with Crippen molar-refractivity contribution >= 4 is 0 Å². The van der Waals surface area contributed by atoms with Crippen LogP contribution in [-0.4, -0.2) is 0 Å². The molecule has 0 heteroatoms. The number of rotatable bonds is 1. The van der Waals surface area contributed by atoms with Gasteiger partial charge >= 0.3 is 0 Å². The molecular weight excluding hydrogens is 252 g/mol. The maximum atomic E-state index is 3.26. The van der Waals surface area contributed by atoms with E-state index in [1.165, 1.54) is 43.2 Å². The molecule has 0 atom stereocenters. The van der Waals surface area contributed by atoms with Gasteiger partial charge < -0.3 is 0 Å². The molecule has 2 aromatic rings. The average molecular weight is 274 g/mol. The molecule has 0 N–H and O–H groups in total. The Labute approximate surface area is 128 Å². The van der Waals surface area contributed by atoms with Crippen molar-refractivity contribution in [3.63, 3.8) is 0 Å². The molecule has 0 aliphatic heterocycles. The zero-order valence-corrected chi connectivity index (χ0v) is 12.7. The molecule has 0 unspecified atom stereocenters. The van der Waals surface area contributed by atoms with Gasteiger partial charge in [0.15, 0.2) is 0 Å². The van der Waals surface area contributed by atoms with Crippen LogP contribution in [0.25, 0.3) is 0 Å². The lowest BCUT2D eigenvalue weighted by Gasteiger charge is -2.21. The van der Waals surface area contributed by atoms with Crippen molar-refractivity contribution in [3.8, 4) is 11.8 Å². The Morgan fingerprint density at radius 3 is 1.81 bits per heavy atom. The molecule has 106 valence electrons. The van der Waals surface area contributed by atoms with Crippen LogP contribution in [0.4, 0.5) is 0 Å². The first-order chi connectivity index (χ1) is 10.3. The predicted molar refractivity (Wildman–Crippen MR) is 89.4 cm³/mol. The molecule has 1 aliphatic carbocycles. The van der Waals surface area contributed by atoms with Crippen molar-refractivity contribution < 1.29 is 0 Å². The maximum absolute atomic E-state index is 3.26. The summed E-state index contributed by atoms with van der Waals surface area (Å²) < 4.78 is 0. The van der Waals surface area contributed by atoms with E-state index in [-0.39, 0.29) is 0 Å². The summed E-state index contributed by atoms with van der Waals surface area (Å²) >= 11 is 0. The van der Waals surface area contributed by atoms with Crippen molar-refractivity contribution in [2.75, 3.05) is 0 Å². The highest BCUT2D eigenvalue weighted by Crippen LogP contribution is 2.32. The Morgan fingerprint density at radius 2 is 1.24 bits per heavy atom. The first-order valence-corrected chi connectivity index (χ1v) is 8.00. The van der Waals surface area contributed by atoms with Crippen LogP contribution in [0.3, 0.4) is 0 Å². The molecule has 1 aliphatic rings. The summed E-state index contributed by atoms with van der Waals surface area (Å²) in [6.07, 6.45) is 6.90. The fourth-order valence-corrected chi connectivity index (χ4v) is 3.06. The molecular formula is C21H22. The van der Waals surface area contributed by atoms with Crippen LogP contribution < -0.4 is 0 Å². The van der Waals surface area contributed by atoms with Crippen molar-refractivity contribution in [1.82, 2.24) is 0 Å². The van der Waals surface area contributed by atoms with Gasteiger partial charge in [0.05, 0.1) is 0 Å². The first kappa shape index (κ1) is 14.0. The first-order valence-electron chi connectivity index (χ1n) is 8.00. The highest BCUT2D eigenvalue weighted by Gasteiger charge is 2.14. The Balaban J connectivity index is 1.71. The third-order valence-corrected chi connectivity index (χ3v) is 4.39. The molecule has 0 spiro atoms. The van der Waals surface area contributed by atoms with Crippen LogP contribution in [0.2, 0.25) is 0 Å². The average Bonchev–Trinajstić information content (AvgIpc) is 2.56. The van der Waals surface area contributed by atoms with Crippen molar-refractivity contribution in [2.45, 2.75) is 44.9 Å². The monoisotopic (exact) mass is 274 g/mol. The van der Waals surface area contributed by atoms with Gasteiger partial charge in [0, 0.05) is 11.1 Å². The van der Waals surface area contributed by atoms with Gasteiger partial charge in [-0.05, 0) is 55.5 Å². The van der Waals surface area contributed by atoms with E-state index in [0.29, 0.717) is 0 Å². The predicted octanol–water partition coefficient (Wildman–Crippen LogP) is 5.44. The number of aryl methyl sites for hydroxylation is 1. The quantitative estimate of drug-likeness (QED) is 0.607. The molecule has 0 aromatic heterocycles. The maximum Gasteiger partial charge on any atom is 0.0249 e. The largest absolute Gasteiger partial charge is 0.0617 e. The summed E-state index contributed by atoms with van der Waals surface area (Å²) in [5.74, 6) is 7.27. The second-order valence-electron chi connectivity index (χ2n) is 6.07. The van der Waals surface area contributed by atoms with E-state index in [1.807, 2.05) is 0 Å². The Hall–Kier alpha value is -2.00. The van der Waals surface area contributed by atoms with Gasteiger partial charge in [-0.3, -0.25) is 0 Å². The topological polar surface area (TPSA) is 0 Å². The van der Waals surface area contributed by atoms with Gasteiger partial charge in [0.2, 0.25) is 0 Å². The number of hydrogen-bond donors (Lipinski definition) is 0. The van der Waals surface area contributed by atoms with E-state index in [0.717, 1.165) is 17.0 Å². The molecule has 0 heterocycles. The fourth-order valence-electron chi connectivity index (χ4n) is 3.06. The number of benzene rings is 2. The van der Waals surface area contributed by atoms with E-state index in [4.69, 9.17) is 0 Å². The normalized spacial score (nSPS) is 15.3. The second kappa shape index (κ2) is 6.64. The fraction of sp³-hybridized carbons (Fsp3) is 0.333. The summed E-state index contributed by atoms with van der Waals surface area (Å²) in [6, 6.07) is 17.3. The second-order valence-corrected chi connectivity index (χ2v) is 6.07. The van der Waals surface area contributed by atoms with E-state index >= 15 is 0 Å². The standard InChI is InChI=1S/C21H22/c1-17-7-9-18(10-8-17)11-12-19-13-15-21(16-14-19)20-5-3-2-4-6-20/h7-10,13-16,20H,2-6H2,1H3. The molecule has 1 fully saturated rings. The number of hydrogen-bond acceptors (Lipinski definition) is 0. The Bertz CT molecular complexity index is 629. The van der Waals surface area contributed by atoms with Crippen LogP contribution in [0, 0.1) is 18.8 Å². The lowest BCUT2D eigenvalue weighted by Crippen LogP contribution is -2.04. The van der Waals surface area contributed by atoms with Crippen LogP contribution >= 0.6 is 0 Å². The summed E-state index contributed by atoms with van der Waals surface area (Å²) in [4.78, 5) is 0. The van der Waals surface area contributed by atoms with Gasteiger partial charge in [-0.25, -0.2) is 0 Å². The third-order valence-electron chi connectivity index (χ3n) is 4.39. The molecule has 0 bridgehead atoms. The van der Waals surface area contributed by atoms with Crippen molar-refractivity contribution in [2.24, 2.45) is 0 Å². The van der Waals surface area contributed by atoms with Gasteiger partial charge in [-0.2, -0.15) is 0 Å². The lowest BCUT2D eigenvalue weighted by molar-refractivity contribution is 0.443. The van der Waals surface area contributed by atoms with Gasteiger partial charge in [-0.15, -0.1) is 0 Å². The van der Waals surface area contributed by atoms with E-state index in [2.05, 4.69) is 67.3 Å². The molecule has 0 saturated heterocycles. The van der Waals surface area contributed by atoms with Crippen molar-refractivity contribution in [3.05, 3.63) is 70.8 Å². The molecule has 0 amide bonds. The van der Waals surface area contributed by atoms with Crippen LogP contribution in [0.15, 0.2) is 48.5 Å². The third kappa shape index (κ3) is 3.76. The van der Waals surface area contributed by atoms with Crippen LogP contribution in [-0.2, 0) is 0 Å². The molecule has 2 aromatic carbocycles. The van der Waals surface area contributed by atoms with Gasteiger partial charge in [0.1, 0.15) is 0 Å². The summed E-state index contributed by atoms with van der Waals surface area (Å²) in [6.45, 7) is 2.10. The Kier molecular flexibility index (Phi) is 4.41.